The fraction of sp³-hybridized carbons (Fsp3) is 0.429. The van der Waals surface area contributed by atoms with Crippen LogP contribution >= 0.6 is 0 Å². The molecule has 6 nitrogen and oxygen atoms in total. The predicted octanol–water partition coefficient (Wildman–Crippen LogP) is 2.18. The lowest BCUT2D eigenvalue weighted by molar-refractivity contribution is 0.104. The Bertz CT molecular complexity index is 538. The van der Waals surface area contributed by atoms with E-state index in [0.717, 1.165) is 11.3 Å². The minimum Gasteiger partial charge on any atom is -0.465 e. The van der Waals surface area contributed by atoms with Crippen molar-refractivity contribution < 1.29 is 14.7 Å². The molecule has 0 aliphatic carbocycles. The highest BCUT2D eigenvalue weighted by atomic mass is 16.4. The normalized spacial score (nSPS) is 19.5. The third kappa shape index (κ3) is 2.29. The number of benzene rings is 1. The average molecular weight is 275 g/mol. The SMILES string of the molecule is O=C(O)N1CCC(N2Cc3ccccc3NC2=O)CC1. The Labute approximate surface area is 117 Å². The van der Waals surface area contributed by atoms with E-state index in [4.69, 9.17) is 5.11 Å². The molecule has 2 aliphatic heterocycles. The number of nitrogens with zero attached hydrogens (tertiary/aromatic N) is 2. The van der Waals surface area contributed by atoms with E-state index in [1.54, 1.807) is 0 Å². The van der Waals surface area contributed by atoms with Crippen LogP contribution < -0.4 is 5.32 Å². The van der Waals surface area contributed by atoms with Crippen molar-refractivity contribution in [3.63, 3.8) is 0 Å². The van der Waals surface area contributed by atoms with E-state index in [1.165, 1.54) is 4.90 Å². The number of rotatable bonds is 1. The number of urea groups is 1. The third-order valence-corrected chi connectivity index (χ3v) is 4.04. The van der Waals surface area contributed by atoms with Crippen LogP contribution in [0.4, 0.5) is 15.3 Å². The summed E-state index contributed by atoms with van der Waals surface area (Å²) in [6.45, 7) is 1.58. The largest absolute Gasteiger partial charge is 0.465 e. The molecule has 2 aliphatic rings. The Balaban J connectivity index is 1.70. The van der Waals surface area contributed by atoms with Gasteiger partial charge in [-0.1, -0.05) is 18.2 Å². The third-order valence-electron chi connectivity index (χ3n) is 4.04. The molecular weight excluding hydrogens is 258 g/mol. The molecule has 1 aromatic carbocycles. The van der Waals surface area contributed by atoms with Crippen LogP contribution in [0.25, 0.3) is 0 Å². The number of likely N-dealkylation sites (tertiary alicyclic amines) is 1. The van der Waals surface area contributed by atoms with E-state index in [1.807, 2.05) is 29.2 Å². The molecule has 0 unspecified atom stereocenters. The van der Waals surface area contributed by atoms with Crippen molar-refractivity contribution in [2.75, 3.05) is 18.4 Å². The highest BCUT2D eigenvalue weighted by Gasteiger charge is 2.32. The maximum atomic E-state index is 12.2. The number of carboxylic acid groups (broad SMARTS) is 1. The van der Waals surface area contributed by atoms with Crippen molar-refractivity contribution in [2.45, 2.75) is 25.4 Å². The second-order valence-electron chi connectivity index (χ2n) is 5.22. The number of carbonyl (C=O) groups excluding carboxylic acids is 1. The number of fused-ring (bicyclic) bond motifs is 1. The van der Waals surface area contributed by atoms with Crippen LogP contribution in [0.5, 0.6) is 0 Å². The van der Waals surface area contributed by atoms with Gasteiger partial charge in [0.2, 0.25) is 0 Å². The van der Waals surface area contributed by atoms with E-state index >= 15 is 0 Å². The quantitative estimate of drug-likeness (QED) is 0.825. The summed E-state index contributed by atoms with van der Waals surface area (Å²) in [5.41, 5.74) is 1.98. The zero-order valence-electron chi connectivity index (χ0n) is 11.1. The first-order valence-corrected chi connectivity index (χ1v) is 6.78. The van der Waals surface area contributed by atoms with Crippen LogP contribution in [-0.2, 0) is 6.54 Å². The molecule has 106 valence electrons. The molecule has 0 radical (unpaired) electrons. The number of anilines is 1. The molecule has 0 aromatic heterocycles. The van der Waals surface area contributed by atoms with Gasteiger partial charge in [-0.3, -0.25) is 0 Å². The Kier molecular flexibility index (Phi) is 3.22. The summed E-state index contributed by atoms with van der Waals surface area (Å²) < 4.78 is 0. The van der Waals surface area contributed by atoms with Gasteiger partial charge in [-0.05, 0) is 24.5 Å². The molecule has 1 fully saturated rings. The summed E-state index contributed by atoms with van der Waals surface area (Å²) in [6, 6.07) is 7.80. The maximum absolute atomic E-state index is 12.2. The van der Waals surface area contributed by atoms with Gasteiger partial charge in [0.15, 0.2) is 0 Å². The lowest BCUT2D eigenvalue weighted by Crippen LogP contribution is -2.50. The van der Waals surface area contributed by atoms with Crippen molar-refractivity contribution in [3.05, 3.63) is 29.8 Å². The van der Waals surface area contributed by atoms with Gasteiger partial charge in [0.05, 0.1) is 0 Å². The number of hydrogen-bond acceptors (Lipinski definition) is 2. The molecule has 0 bridgehead atoms. The fourth-order valence-corrected chi connectivity index (χ4v) is 2.89. The summed E-state index contributed by atoms with van der Waals surface area (Å²) in [4.78, 5) is 26.3. The first-order valence-electron chi connectivity index (χ1n) is 6.78. The van der Waals surface area contributed by atoms with Gasteiger partial charge in [-0.2, -0.15) is 0 Å². The number of carbonyl (C=O) groups is 2. The van der Waals surface area contributed by atoms with Crippen molar-refractivity contribution >= 4 is 17.8 Å². The molecule has 0 saturated carbocycles. The van der Waals surface area contributed by atoms with Gasteiger partial charge in [-0.15, -0.1) is 0 Å². The monoisotopic (exact) mass is 275 g/mol. The Morgan fingerprint density at radius 2 is 1.95 bits per heavy atom. The van der Waals surface area contributed by atoms with Crippen LogP contribution in [0.3, 0.4) is 0 Å². The van der Waals surface area contributed by atoms with Crippen LogP contribution in [0, 0.1) is 0 Å². The number of amides is 3. The number of piperidine rings is 1. The molecule has 20 heavy (non-hydrogen) atoms. The highest BCUT2D eigenvalue weighted by Crippen LogP contribution is 2.27. The molecule has 3 amide bonds. The van der Waals surface area contributed by atoms with E-state index in [-0.39, 0.29) is 12.1 Å². The molecular formula is C14H17N3O3. The molecule has 0 spiro atoms. The Morgan fingerprint density at radius 1 is 1.25 bits per heavy atom. The molecule has 2 N–H and O–H groups in total. The Morgan fingerprint density at radius 3 is 2.65 bits per heavy atom. The van der Waals surface area contributed by atoms with Gasteiger partial charge in [0.25, 0.3) is 0 Å². The molecule has 3 rings (SSSR count). The van der Waals surface area contributed by atoms with Crippen molar-refractivity contribution in [1.29, 1.82) is 0 Å². The summed E-state index contributed by atoms with van der Waals surface area (Å²) in [6.07, 6.45) is 0.515. The zero-order chi connectivity index (χ0) is 14.1. The summed E-state index contributed by atoms with van der Waals surface area (Å²) >= 11 is 0. The second kappa shape index (κ2) is 5.03. The van der Waals surface area contributed by atoms with Gasteiger partial charge in [0, 0.05) is 31.4 Å². The van der Waals surface area contributed by atoms with Crippen molar-refractivity contribution in [3.8, 4) is 0 Å². The summed E-state index contributed by atoms with van der Waals surface area (Å²) in [7, 11) is 0. The summed E-state index contributed by atoms with van der Waals surface area (Å²) in [5.74, 6) is 0. The molecule has 1 saturated heterocycles. The van der Waals surface area contributed by atoms with Crippen LogP contribution in [-0.4, -0.2) is 46.2 Å². The first-order chi connectivity index (χ1) is 9.65. The van der Waals surface area contributed by atoms with Crippen LogP contribution in [0.15, 0.2) is 24.3 Å². The van der Waals surface area contributed by atoms with Crippen LogP contribution in [0.1, 0.15) is 18.4 Å². The lowest BCUT2D eigenvalue weighted by atomic mass is 10.0. The van der Waals surface area contributed by atoms with Gasteiger partial charge < -0.3 is 20.2 Å². The number of para-hydroxylation sites is 1. The van der Waals surface area contributed by atoms with Gasteiger partial charge in [0.1, 0.15) is 0 Å². The predicted molar refractivity (Wildman–Crippen MR) is 73.6 cm³/mol. The number of nitrogens with one attached hydrogen (secondary N) is 1. The minimum absolute atomic E-state index is 0.0857. The molecule has 6 heteroatoms. The van der Waals surface area contributed by atoms with E-state index in [0.29, 0.717) is 32.5 Å². The van der Waals surface area contributed by atoms with Gasteiger partial charge in [-0.25, -0.2) is 9.59 Å². The first kappa shape index (κ1) is 12.8. The standard InChI is InChI=1S/C14H17N3O3/c18-13-15-12-4-2-1-3-10(12)9-17(13)11-5-7-16(8-6-11)14(19)20/h1-4,11H,5-9H2,(H,15,18)(H,19,20). The molecule has 0 atom stereocenters. The topological polar surface area (TPSA) is 72.9 Å². The smallest absolute Gasteiger partial charge is 0.407 e. The van der Waals surface area contributed by atoms with Crippen molar-refractivity contribution in [2.24, 2.45) is 0 Å². The number of hydrogen-bond donors (Lipinski definition) is 2. The average Bonchev–Trinajstić information content (AvgIpc) is 2.46. The molecule has 2 heterocycles. The lowest BCUT2D eigenvalue weighted by Gasteiger charge is -2.39. The van der Waals surface area contributed by atoms with E-state index in [2.05, 4.69) is 5.32 Å². The Hall–Kier alpha value is -2.24. The fourth-order valence-electron chi connectivity index (χ4n) is 2.89. The zero-order valence-corrected chi connectivity index (χ0v) is 11.1. The van der Waals surface area contributed by atoms with Gasteiger partial charge >= 0.3 is 12.1 Å². The maximum Gasteiger partial charge on any atom is 0.407 e. The van der Waals surface area contributed by atoms with Crippen molar-refractivity contribution in [1.82, 2.24) is 9.80 Å². The molecule has 1 aromatic rings. The van der Waals surface area contributed by atoms with E-state index in [9.17, 15) is 9.59 Å². The van der Waals surface area contributed by atoms with E-state index < -0.39 is 6.09 Å². The van der Waals surface area contributed by atoms with Crippen LogP contribution in [0.2, 0.25) is 0 Å². The minimum atomic E-state index is -0.878. The summed E-state index contributed by atoms with van der Waals surface area (Å²) in [5, 5.41) is 11.8. The second-order valence-corrected chi connectivity index (χ2v) is 5.22. The highest BCUT2D eigenvalue weighted by molar-refractivity contribution is 5.92.